The van der Waals surface area contributed by atoms with Gasteiger partial charge in [0.05, 0.1) is 71.0 Å². The molecule has 12 unspecified atom stereocenters. The van der Waals surface area contributed by atoms with E-state index in [-0.39, 0.29) is 7.43 Å². The molecule has 0 bridgehead atoms. The van der Waals surface area contributed by atoms with E-state index in [0.717, 1.165) is 27.7 Å². The summed E-state index contributed by atoms with van der Waals surface area (Å²) in [6, 6.07) is 0. The molecule has 628 valence electrons. The van der Waals surface area contributed by atoms with Crippen molar-refractivity contribution in [3.05, 3.63) is 0 Å². The molecule has 0 nitrogen and oxygen atoms in total. The maximum Gasteiger partial charge on any atom is 0.416 e. The predicted octanol–water partition coefficient (Wildman–Crippen LogP) is 28.6. The molecule has 0 aromatic heterocycles. The summed E-state index contributed by atoms with van der Waals surface area (Å²) < 4.78 is 593. The van der Waals surface area contributed by atoms with Gasteiger partial charge in [-0.3, -0.25) is 8.78 Å². The van der Waals surface area contributed by atoms with Crippen molar-refractivity contribution < 1.29 is 228 Å². The molecular weight excluding hydrogens is 1580 g/mol. The molecule has 101 heavy (non-hydrogen) atoms. The van der Waals surface area contributed by atoms with E-state index in [0.29, 0.717) is 55.4 Å². The van der Waals surface area contributed by atoms with E-state index in [1.165, 1.54) is 0 Å². The lowest BCUT2D eigenvalue weighted by Crippen LogP contribution is -2.35. The zero-order valence-electron chi connectivity index (χ0n) is 52.2. The molecule has 0 spiro atoms. The van der Waals surface area contributed by atoms with Crippen molar-refractivity contribution in [1.29, 1.82) is 0 Å². The molecule has 0 N–H and O–H groups in total. The fourth-order valence-corrected chi connectivity index (χ4v) is 3.53. The number of halogens is 52. The van der Waals surface area contributed by atoms with E-state index < -0.39 is 222 Å². The third kappa shape index (κ3) is 75.8. The van der Waals surface area contributed by atoms with Gasteiger partial charge in [-0.25, -0.2) is 8.78 Å². The van der Waals surface area contributed by atoms with Crippen LogP contribution < -0.4 is 0 Å². The highest BCUT2D eigenvalue weighted by Gasteiger charge is 2.54. The molecule has 52 heteroatoms. The van der Waals surface area contributed by atoms with E-state index in [4.69, 9.17) is 0 Å². The molecule has 0 aliphatic heterocycles. The van der Waals surface area contributed by atoms with Gasteiger partial charge in [-0.2, -0.15) is 211 Å². The first-order valence-electron chi connectivity index (χ1n) is 25.9. The molecule has 0 amide bonds. The van der Waals surface area contributed by atoms with Crippen molar-refractivity contribution in [1.82, 2.24) is 0 Å². The highest BCUT2D eigenvalue weighted by molar-refractivity contribution is 4.77. The van der Waals surface area contributed by atoms with Crippen LogP contribution in [0.1, 0.15) is 116 Å². The van der Waals surface area contributed by atoms with Crippen LogP contribution in [0.3, 0.4) is 0 Å². The quantitative estimate of drug-likeness (QED) is 0.191. The number of rotatable bonds is 10. The predicted molar refractivity (Wildman–Crippen MR) is 256 cm³/mol. The summed E-state index contributed by atoms with van der Waals surface area (Å²) in [7, 11) is 0. The SMILES string of the molecule is C.CC(C(C)C(F)(F)F)C(F)(F)F.CC(C(C)C(F)(F)F)C(F)(F)F.CC(C(C)C(F)(F)F)C(F)(F)F.CC(C(C)C(F)(F)F)C(F)(F)F.CC(CCC(F)(F)F)C(F)(F)F.CC(CCC(F)(F)F)C(F)(F)F.CC(CF)C(F)(F)F.CC(CF)C(F)(F)F.FCC(F)(F)F.FCC(F)(F)F. The van der Waals surface area contributed by atoms with Gasteiger partial charge in [0.1, 0.15) is 13.3 Å². The Morgan fingerprint density at radius 3 is 0.307 bits per heavy atom. The van der Waals surface area contributed by atoms with Crippen molar-refractivity contribution in [2.45, 2.75) is 215 Å². The summed E-state index contributed by atoms with van der Waals surface area (Å²) in [5, 5.41) is 0. The molecule has 0 radical (unpaired) electrons. The molecule has 0 heterocycles. The highest BCUT2D eigenvalue weighted by atomic mass is 19.5. The zero-order valence-corrected chi connectivity index (χ0v) is 52.2. The van der Waals surface area contributed by atoms with E-state index in [1.807, 2.05) is 0 Å². The number of hydrogen-bond acceptors (Lipinski definition) is 0. The van der Waals surface area contributed by atoms with Crippen LogP contribution in [-0.2, 0) is 0 Å². The van der Waals surface area contributed by atoms with E-state index in [9.17, 15) is 228 Å². The normalized spacial score (nSPS) is 16.9. The zero-order chi connectivity index (χ0) is 84.6. The van der Waals surface area contributed by atoms with Crippen LogP contribution in [0.5, 0.6) is 0 Å². The van der Waals surface area contributed by atoms with Crippen molar-refractivity contribution >= 4 is 0 Å². The van der Waals surface area contributed by atoms with Crippen LogP contribution in [0.4, 0.5) is 228 Å². The minimum Gasteiger partial charge on any atom is -0.250 e. The number of hydrogen-bond donors (Lipinski definition) is 0. The van der Waals surface area contributed by atoms with Crippen molar-refractivity contribution in [3.63, 3.8) is 0 Å². The van der Waals surface area contributed by atoms with Crippen molar-refractivity contribution in [3.8, 4) is 0 Å². The van der Waals surface area contributed by atoms with Gasteiger partial charge in [0.15, 0.2) is 13.3 Å². The summed E-state index contributed by atoms with van der Waals surface area (Å²) in [6.07, 6.45) is -78.8. The van der Waals surface area contributed by atoms with Crippen molar-refractivity contribution in [2.75, 3.05) is 26.7 Å². The summed E-state index contributed by atoms with van der Waals surface area (Å²) in [6.45, 7) is 0.184. The Kier molecular flexibility index (Phi) is 56.6. The van der Waals surface area contributed by atoms with Crippen LogP contribution in [0.2, 0.25) is 0 Å². The van der Waals surface area contributed by atoms with Gasteiger partial charge in [-0.05, 0) is 12.8 Å². The molecule has 0 aliphatic rings. The third-order valence-corrected chi connectivity index (χ3v) is 11.9. The van der Waals surface area contributed by atoms with Gasteiger partial charge in [0.2, 0.25) is 0 Å². The largest absolute Gasteiger partial charge is 0.416 e. The first-order valence-corrected chi connectivity index (χ1v) is 25.9. The second-order valence-electron chi connectivity index (χ2n) is 20.5. The van der Waals surface area contributed by atoms with Gasteiger partial charge in [-0.15, -0.1) is 0 Å². The average molecular weight is 1640 g/mol. The fraction of sp³-hybridized carbons (Fsp3) is 1.00. The van der Waals surface area contributed by atoms with Gasteiger partial charge < -0.3 is 0 Å². The second-order valence-corrected chi connectivity index (χ2v) is 20.5. The molecule has 0 saturated carbocycles. The molecule has 0 rings (SSSR count). The Bertz CT molecular complexity index is 1660. The average Bonchev–Trinajstić information content (AvgIpc) is 0.860. The molecular formula is C49H68F52. The Morgan fingerprint density at radius 2 is 0.267 bits per heavy atom. The molecule has 0 aromatic rings. The van der Waals surface area contributed by atoms with Crippen LogP contribution in [-0.4, -0.2) is 126 Å². The Hall–Kier alpha value is -3.64. The van der Waals surface area contributed by atoms with Gasteiger partial charge in [0.25, 0.3) is 0 Å². The fourth-order valence-electron chi connectivity index (χ4n) is 3.53. The maximum atomic E-state index is 11.7. The summed E-state index contributed by atoms with van der Waals surface area (Å²) in [5.41, 5.74) is 0. The minimum atomic E-state index is -4.78. The van der Waals surface area contributed by atoms with E-state index >= 15 is 0 Å². The van der Waals surface area contributed by atoms with Gasteiger partial charge in [-0.1, -0.05) is 90.5 Å². The lowest BCUT2D eigenvalue weighted by Gasteiger charge is -2.24. The molecule has 0 fully saturated rings. The maximum absolute atomic E-state index is 11.7. The molecule has 0 aromatic carbocycles. The Balaban J connectivity index is -0.0000000997. The smallest absolute Gasteiger partial charge is 0.250 e. The standard InChI is InChI=1S/6C6H8F6.2C4H6F4.2C2H2F4.CH4/c2*1-4(6(10,11)12)2-3-5(7,8)9;4*1-3(5(7,8)9)4(2)6(10,11)12;2*1-3(2-5)4(6,7)8;2*3-1-2(4,5)6;/h2*4H,2-3H2,1H3;4*3-4H,1-2H3;2*3H,2H2,1H3;2*1H2;1H4. The number of alkyl halides is 52. The molecule has 12 atom stereocenters. The summed E-state index contributed by atoms with van der Waals surface area (Å²) in [5.74, 6) is -26.2. The monoisotopic (exact) mass is 1640 g/mol. The topological polar surface area (TPSA) is 0 Å². The Labute approximate surface area is 541 Å². The van der Waals surface area contributed by atoms with E-state index in [2.05, 4.69) is 0 Å². The van der Waals surface area contributed by atoms with Crippen LogP contribution >= 0.6 is 0 Å². The highest BCUT2D eigenvalue weighted by Crippen LogP contribution is 2.44. The second kappa shape index (κ2) is 47.1. The third-order valence-electron chi connectivity index (χ3n) is 11.9. The van der Waals surface area contributed by atoms with Gasteiger partial charge in [0, 0.05) is 12.8 Å². The first kappa shape index (κ1) is 121. The lowest BCUT2D eigenvalue weighted by atomic mass is 9.95. The minimum absolute atomic E-state index is 0. The van der Waals surface area contributed by atoms with E-state index in [1.54, 1.807) is 0 Å². The van der Waals surface area contributed by atoms with Crippen LogP contribution in [0, 0.1) is 71.0 Å². The first-order chi connectivity index (χ1) is 42.6. The molecule has 0 saturated heterocycles. The van der Waals surface area contributed by atoms with Gasteiger partial charge >= 0.3 is 98.8 Å². The van der Waals surface area contributed by atoms with Crippen molar-refractivity contribution in [2.24, 2.45) is 71.0 Å². The molecule has 0 aliphatic carbocycles. The summed E-state index contributed by atoms with van der Waals surface area (Å²) >= 11 is 0. The van der Waals surface area contributed by atoms with Crippen LogP contribution in [0.15, 0.2) is 0 Å². The summed E-state index contributed by atoms with van der Waals surface area (Å²) in [4.78, 5) is 0. The lowest BCUT2D eigenvalue weighted by molar-refractivity contribution is -0.245. The Morgan fingerprint density at radius 1 is 0.168 bits per heavy atom. The van der Waals surface area contributed by atoms with Crippen LogP contribution in [0.25, 0.3) is 0 Å².